The average Bonchev–Trinajstić information content (AvgIpc) is 2.59. The first-order valence-electron chi connectivity index (χ1n) is 4.92. The molecule has 0 aromatic heterocycles. The molecular formula is C11H10ClNO3S. The number of fused-ring (bicyclic) bond motifs is 1. The van der Waals surface area contributed by atoms with Gasteiger partial charge >= 0.3 is 0 Å². The van der Waals surface area contributed by atoms with Crippen molar-refractivity contribution in [1.82, 2.24) is 5.32 Å². The van der Waals surface area contributed by atoms with E-state index < -0.39 is 9.84 Å². The number of halogens is 1. The topological polar surface area (TPSA) is 63.2 Å². The van der Waals surface area contributed by atoms with Crippen molar-refractivity contribution in [2.45, 2.75) is 4.90 Å². The zero-order chi connectivity index (χ0) is 12.5. The molecule has 0 saturated carbocycles. The standard InChI is InChI=1S/C11H10ClNO3S/c12-5-11(14)13-6-8-7-17(15,16)10-4-2-1-3-9(8)10/h1-4,7H,5-6H2,(H,13,14). The van der Waals surface area contributed by atoms with Crippen molar-refractivity contribution in [3.8, 4) is 0 Å². The number of sulfone groups is 1. The van der Waals surface area contributed by atoms with Crippen LogP contribution in [0.15, 0.2) is 34.6 Å². The highest BCUT2D eigenvalue weighted by Crippen LogP contribution is 2.32. The van der Waals surface area contributed by atoms with Crippen molar-refractivity contribution < 1.29 is 13.2 Å². The molecule has 0 bridgehead atoms. The minimum atomic E-state index is -3.36. The summed E-state index contributed by atoms with van der Waals surface area (Å²) in [6.45, 7) is 0.168. The lowest BCUT2D eigenvalue weighted by molar-refractivity contribution is -0.118. The molecular weight excluding hydrogens is 262 g/mol. The Hall–Kier alpha value is -1.33. The fraction of sp³-hybridized carbons (Fsp3) is 0.182. The molecule has 4 nitrogen and oxygen atoms in total. The van der Waals surface area contributed by atoms with Crippen LogP contribution in [0.5, 0.6) is 0 Å². The number of carbonyl (C=O) groups is 1. The number of hydrogen-bond donors (Lipinski definition) is 1. The number of alkyl halides is 1. The van der Waals surface area contributed by atoms with Crippen LogP contribution in [0.4, 0.5) is 0 Å². The monoisotopic (exact) mass is 271 g/mol. The van der Waals surface area contributed by atoms with Crippen LogP contribution in [-0.2, 0) is 14.6 Å². The lowest BCUT2D eigenvalue weighted by Crippen LogP contribution is -2.25. The number of hydrogen-bond acceptors (Lipinski definition) is 3. The van der Waals surface area contributed by atoms with E-state index in [1.165, 1.54) is 5.41 Å². The van der Waals surface area contributed by atoms with Gasteiger partial charge in [0.2, 0.25) is 15.7 Å². The zero-order valence-electron chi connectivity index (χ0n) is 8.81. The third-order valence-electron chi connectivity index (χ3n) is 2.43. The highest BCUT2D eigenvalue weighted by molar-refractivity contribution is 7.95. The van der Waals surface area contributed by atoms with E-state index in [1.807, 2.05) is 0 Å². The molecule has 0 radical (unpaired) electrons. The zero-order valence-corrected chi connectivity index (χ0v) is 10.4. The predicted molar refractivity (Wildman–Crippen MR) is 65.3 cm³/mol. The molecule has 0 fully saturated rings. The summed E-state index contributed by atoms with van der Waals surface area (Å²) in [7, 11) is -3.36. The smallest absolute Gasteiger partial charge is 0.235 e. The van der Waals surface area contributed by atoms with E-state index >= 15 is 0 Å². The molecule has 1 aromatic carbocycles. The quantitative estimate of drug-likeness (QED) is 0.840. The second kappa shape index (κ2) is 4.50. The third-order valence-corrected chi connectivity index (χ3v) is 4.24. The Kier molecular flexibility index (Phi) is 3.22. The van der Waals surface area contributed by atoms with Crippen LogP contribution in [0.1, 0.15) is 5.56 Å². The van der Waals surface area contributed by atoms with Crippen molar-refractivity contribution >= 4 is 32.9 Å². The minimum absolute atomic E-state index is 0.137. The second-order valence-electron chi connectivity index (χ2n) is 3.59. The van der Waals surface area contributed by atoms with Crippen molar-refractivity contribution in [2.24, 2.45) is 0 Å². The van der Waals surface area contributed by atoms with Crippen molar-refractivity contribution in [3.05, 3.63) is 35.2 Å². The summed E-state index contributed by atoms with van der Waals surface area (Å²) in [5.74, 6) is -0.462. The summed E-state index contributed by atoms with van der Waals surface area (Å²) in [4.78, 5) is 11.3. The highest BCUT2D eigenvalue weighted by Gasteiger charge is 2.26. The van der Waals surface area contributed by atoms with Gasteiger partial charge in [-0.1, -0.05) is 18.2 Å². The molecule has 1 amide bonds. The Morgan fingerprint density at radius 1 is 1.29 bits per heavy atom. The molecule has 1 aliphatic rings. The fourth-order valence-electron chi connectivity index (χ4n) is 1.67. The van der Waals surface area contributed by atoms with Gasteiger partial charge in [-0.3, -0.25) is 4.79 Å². The highest BCUT2D eigenvalue weighted by atomic mass is 35.5. The number of amides is 1. The maximum atomic E-state index is 11.8. The van der Waals surface area contributed by atoms with Gasteiger partial charge in [-0.15, -0.1) is 11.6 Å². The molecule has 0 saturated heterocycles. The van der Waals surface area contributed by atoms with E-state index in [0.29, 0.717) is 11.1 Å². The Morgan fingerprint density at radius 2 is 2.00 bits per heavy atom. The Balaban J connectivity index is 2.29. The first-order valence-corrected chi connectivity index (χ1v) is 7.00. The number of benzene rings is 1. The molecule has 17 heavy (non-hydrogen) atoms. The number of rotatable bonds is 3. The summed E-state index contributed by atoms with van der Waals surface area (Å²) < 4.78 is 23.5. The summed E-state index contributed by atoms with van der Waals surface area (Å²) in [6, 6.07) is 6.71. The van der Waals surface area contributed by atoms with Gasteiger partial charge in [0, 0.05) is 12.0 Å². The molecule has 0 aliphatic carbocycles. The summed E-state index contributed by atoms with van der Waals surface area (Å²) >= 11 is 5.34. The molecule has 90 valence electrons. The van der Waals surface area contributed by atoms with E-state index in [1.54, 1.807) is 24.3 Å². The minimum Gasteiger partial charge on any atom is -0.351 e. The van der Waals surface area contributed by atoms with E-state index in [0.717, 1.165) is 0 Å². The van der Waals surface area contributed by atoms with Gasteiger partial charge in [0.25, 0.3) is 0 Å². The van der Waals surface area contributed by atoms with Crippen molar-refractivity contribution in [1.29, 1.82) is 0 Å². The molecule has 6 heteroatoms. The van der Waals surface area contributed by atoms with Crippen LogP contribution in [-0.4, -0.2) is 26.7 Å². The van der Waals surface area contributed by atoms with Gasteiger partial charge in [-0.2, -0.15) is 0 Å². The molecule has 0 unspecified atom stereocenters. The van der Waals surface area contributed by atoms with Crippen LogP contribution in [0.25, 0.3) is 5.57 Å². The molecule has 1 aliphatic heterocycles. The first-order chi connectivity index (χ1) is 8.04. The molecule has 2 rings (SSSR count). The molecule has 1 aromatic rings. The fourth-order valence-corrected chi connectivity index (χ4v) is 3.25. The molecule has 0 atom stereocenters. The summed E-state index contributed by atoms with van der Waals surface area (Å²) in [5.41, 5.74) is 1.22. The first kappa shape index (κ1) is 12.1. The Labute approximate surface area is 104 Å². The van der Waals surface area contributed by atoms with E-state index in [9.17, 15) is 13.2 Å². The maximum absolute atomic E-state index is 11.8. The number of nitrogens with one attached hydrogen (secondary N) is 1. The van der Waals surface area contributed by atoms with E-state index in [-0.39, 0.29) is 23.2 Å². The maximum Gasteiger partial charge on any atom is 0.235 e. The normalized spacial score (nSPS) is 16.2. The van der Waals surface area contributed by atoms with Gasteiger partial charge in [-0.05, 0) is 17.2 Å². The predicted octanol–water partition coefficient (Wildman–Crippen LogP) is 1.17. The SMILES string of the molecule is O=C(CCl)NCC1=CS(=O)(=O)c2ccccc21. The summed E-state index contributed by atoms with van der Waals surface area (Å²) in [5, 5.41) is 3.74. The van der Waals surface area contributed by atoms with Crippen LogP contribution >= 0.6 is 11.6 Å². The Bertz CT molecular complexity index is 592. The summed E-state index contributed by atoms with van der Waals surface area (Å²) in [6.07, 6.45) is 0. The second-order valence-corrected chi connectivity index (χ2v) is 5.63. The van der Waals surface area contributed by atoms with Gasteiger partial charge in [0.05, 0.1) is 4.90 Å². The van der Waals surface area contributed by atoms with Crippen molar-refractivity contribution in [3.63, 3.8) is 0 Å². The third kappa shape index (κ3) is 2.35. The number of carbonyl (C=O) groups excluding carboxylic acids is 1. The van der Waals surface area contributed by atoms with Gasteiger partial charge in [0.1, 0.15) is 5.88 Å². The van der Waals surface area contributed by atoms with Crippen LogP contribution in [0.3, 0.4) is 0 Å². The average molecular weight is 272 g/mol. The van der Waals surface area contributed by atoms with E-state index in [4.69, 9.17) is 11.6 Å². The molecule has 1 N–H and O–H groups in total. The largest absolute Gasteiger partial charge is 0.351 e. The van der Waals surface area contributed by atoms with Crippen LogP contribution < -0.4 is 5.32 Å². The Morgan fingerprint density at radius 3 is 2.71 bits per heavy atom. The van der Waals surface area contributed by atoms with Crippen LogP contribution in [0.2, 0.25) is 0 Å². The van der Waals surface area contributed by atoms with Gasteiger partial charge in [0.15, 0.2) is 0 Å². The molecule has 0 spiro atoms. The van der Waals surface area contributed by atoms with Crippen molar-refractivity contribution in [2.75, 3.05) is 12.4 Å². The van der Waals surface area contributed by atoms with E-state index in [2.05, 4.69) is 5.32 Å². The van der Waals surface area contributed by atoms with Gasteiger partial charge in [-0.25, -0.2) is 8.42 Å². The lowest BCUT2D eigenvalue weighted by Gasteiger charge is -2.05. The lowest BCUT2D eigenvalue weighted by atomic mass is 10.1. The van der Waals surface area contributed by atoms with Crippen LogP contribution in [0, 0.1) is 0 Å². The van der Waals surface area contributed by atoms with Gasteiger partial charge < -0.3 is 5.32 Å². The molecule has 1 heterocycles.